The van der Waals surface area contributed by atoms with Gasteiger partial charge in [0.05, 0.1) is 0 Å². The summed E-state index contributed by atoms with van der Waals surface area (Å²) in [5.41, 5.74) is 22.6. The Hall–Kier alpha value is -1.75. The topological polar surface area (TPSA) is 161 Å². The maximum absolute atomic E-state index is 5.65. The van der Waals surface area contributed by atoms with Gasteiger partial charge in [-0.1, -0.05) is 0 Å². The van der Waals surface area contributed by atoms with Gasteiger partial charge in [0.2, 0.25) is 17.8 Å². The van der Waals surface area contributed by atoms with E-state index in [1.165, 1.54) is 0 Å². The highest BCUT2D eigenvalue weighted by Crippen LogP contribution is 2.16. The summed E-state index contributed by atoms with van der Waals surface area (Å²) >= 11 is 0. The second-order valence-corrected chi connectivity index (χ2v) is 4.64. The van der Waals surface area contributed by atoms with Gasteiger partial charge in [0.1, 0.15) is 0 Å². The molecule has 0 aliphatic rings. The van der Waals surface area contributed by atoms with Crippen molar-refractivity contribution in [3.8, 4) is 0 Å². The molecule has 0 radical (unpaired) electrons. The second-order valence-electron chi connectivity index (χ2n) is 4.64. The molecule has 0 aromatic carbocycles. The second kappa shape index (κ2) is 10.1. The van der Waals surface area contributed by atoms with Crippen LogP contribution in [-0.4, -0.2) is 74.4 Å². The Bertz CT molecular complexity index is 380. The maximum atomic E-state index is 5.65. The molecule has 0 bridgehead atoms. The van der Waals surface area contributed by atoms with E-state index >= 15 is 0 Å². The van der Waals surface area contributed by atoms with Gasteiger partial charge in [-0.25, -0.2) is 0 Å². The molecule has 10 heteroatoms. The molecule has 1 aromatic heterocycles. The van der Waals surface area contributed by atoms with E-state index in [0.717, 1.165) is 0 Å². The smallest absolute Gasteiger partial charge is 0.232 e. The number of anilines is 3. The van der Waals surface area contributed by atoms with Crippen molar-refractivity contribution in [3.63, 3.8) is 0 Å². The van der Waals surface area contributed by atoms with E-state index in [0.29, 0.717) is 70.2 Å². The van der Waals surface area contributed by atoms with Crippen molar-refractivity contribution in [1.82, 2.24) is 15.0 Å². The Morgan fingerprint density at radius 2 is 1.09 bits per heavy atom. The number of rotatable bonds is 11. The van der Waals surface area contributed by atoms with Gasteiger partial charge in [0.15, 0.2) is 0 Å². The lowest BCUT2D eigenvalue weighted by molar-refractivity contribution is 0.724. The molecule has 9 N–H and O–H groups in total. The molecule has 0 atom stereocenters. The van der Waals surface area contributed by atoms with Crippen LogP contribution in [0.3, 0.4) is 0 Å². The summed E-state index contributed by atoms with van der Waals surface area (Å²) in [4.78, 5) is 17.2. The zero-order valence-electron chi connectivity index (χ0n) is 13.2. The highest BCUT2D eigenvalue weighted by atomic mass is 15.4. The van der Waals surface area contributed by atoms with Gasteiger partial charge in [-0.05, 0) is 0 Å². The third kappa shape index (κ3) is 5.22. The Morgan fingerprint density at radius 1 is 0.727 bits per heavy atom. The molecule has 0 aliphatic heterocycles. The van der Waals surface area contributed by atoms with Crippen LogP contribution in [0, 0.1) is 0 Å². The van der Waals surface area contributed by atoms with Crippen LogP contribution in [0.15, 0.2) is 0 Å². The number of nitrogens with zero attached hydrogens (tertiary/aromatic N) is 5. The first kappa shape index (κ1) is 18.3. The normalized spacial score (nSPS) is 10.6. The summed E-state index contributed by atoms with van der Waals surface area (Å²) in [5, 5.41) is 2.95. The molecule has 0 spiro atoms. The Kier molecular flexibility index (Phi) is 8.36. The molecule has 1 aromatic rings. The Labute approximate surface area is 131 Å². The molecule has 0 fully saturated rings. The molecule has 1 rings (SSSR count). The number of nitrogens with two attached hydrogens (primary N) is 4. The molecule has 0 saturated heterocycles. The molecule has 10 nitrogen and oxygen atoms in total. The largest absolute Gasteiger partial charge is 0.357 e. The zero-order chi connectivity index (χ0) is 16.4. The van der Waals surface area contributed by atoms with Crippen LogP contribution in [0.5, 0.6) is 0 Å². The van der Waals surface area contributed by atoms with Crippen molar-refractivity contribution < 1.29 is 0 Å². The molecule has 126 valence electrons. The van der Waals surface area contributed by atoms with Crippen molar-refractivity contribution in [3.05, 3.63) is 0 Å². The number of nitrogens with one attached hydrogen (secondary N) is 1. The van der Waals surface area contributed by atoms with Crippen LogP contribution in [0.1, 0.15) is 0 Å². The maximum Gasteiger partial charge on any atom is 0.232 e. The molecule has 0 saturated carbocycles. The van der Waals surface area contributed by atoms with Crippen LogP contribution in [0.25, 0.3) is 0 Å². The highest BCUT2D eigenvalue weighted by molar-refractivity contribution is 5.45. The SMILES string of the molecule is CNc1nc(N(CCN)CCN)nc(N(CCN)CCN)n1. The molecule has 1 heterocycles. The van der Waals surface area contributed by atoms with E-state index in [2.05, 4.69) is 20.3 Å². The average molecular weight is 312 g/mol. The summed E-state index contributed by atoms with van der Waals surface area (Å²) in [6, 6.07) is 0. The molecule has 22 heavy (non-hydrogen) atoms. The fourth-order valence-electron chi connectivity index (χ4n) is 2.00. The Morgan fingerprint density at radius 3 is 1.36 bits per heavy atom. The summed E-state index contributed by atoms with van der Waals surface area (Å²) in [6.07, 6.45) is 0. The molecule has 0 amide bonds. The van der Waals surface area contributed by atoms with Crippen LogP contribution in [0.2, 0.25) is 0 Å². The minimum atomic E-state index is 0.484. The van der Waals surface area contributed by atoms with Gasteiger partial charge in [-0.15, -0.1) is 0 Å². The van der Waals surface area contributed by atoms with Gasteiger partial charge >= 0.3 is 0 Å². The van der Waals surface area contributed by atoms with E-state index in [1.54, 1.807) is 7.05 Å². The van der Waals surface area contributed by atoms with Crippen molar-refractivity contribution >= 4 is 17.8 Å². The van der Waals surface area contributed by atoms with Gasteiger partial charge in [0, 0.05) is 59.4 Å². The minimum Gasteiger partial charge on any atom is -0.357 e. The monoisotopic (exact) mass is 312 g/mol. The van der Waals surface area contributed by atoms with Gasteiger partial charge < -0.3 is 38.1 Å². The van der Waals surface area contributed by atoms with Crippen molar-refractivity contribution in [2.24, 2.45) is 22.9 Å². The lowest BCUT2D eigenvalue weighted by Gasteiger charge is -2.25. The van der Waals surface area contributed by atoms with E-state index in [1.807, 2.05) is 9.80 Å². The van der Waals surface area contributed by atoms with Crippen LogP contribution in [-0.2, 0) is 0 Å². The quantitative estimate of drug-likeness (QED) is 0.292. The summed E-state index contributed by atoms with van der Waals surface area (Å²) in [7, 11) is 1.76. The van der Waals surface area contributed by atoms with Gasteiger partial charge in [0.25, 0.3) is 0 Å². The zero-order valence-corrected chi connectivity index (χ0v) is 13.2. The highest BCUT2D eigenvalue weighted by Gasteiger charge is 2.16. The third-order valence-corrected chi connectivity index (χ3v) is 3.00. The van der Waals surface area contributed by atoms with E-state index in [4.69, 9.17) is 22.9 Å². The van der Waals surface area contributed by atoms with Crippen LogP contribution < -0.4 is 38.1 Å². The van der Waals surface area contributed by atoms with Crippen molar-refractivity contribution in [2.45, 2.75) is 0 Å². The van der Waals surface area contributed by atoms with Crippen molar-refractivity contribution in [2.75, 3.05) is 74.5 Å². The predicted octanol–water partition coefficient (Wildman–Crippen LogP) is -2.64. The summed E-state index contributed by atoms with van der Waals surface area (Å²) in [6.45, 7) is 4.46. The fraction of sp³-hybridized carbons (Fsp3) is 0.750. The first-order valence-corrected chi connectivity index (χ1v) is 7.44. The lowest BCUT2D eigenvalue weighted by Crippen LogP contribution is -2.38. The summed E-state index contributed by atoms with van der Waals surface area (Å²) in [5.74, 6) is 1.58. The Balaban J connectivity index is 3.14. The standard InChI is InChI=1S/C12H28N10/c1-17-10-18-11(21(6-2-13)7-3-14)20-12(19-10)22(8-4-15)9-5-16/h2-9,13-16H2,1H3,(H,17,18,19,20). The third-order valence-electron chi connectivity index (χ3n) is 3.00. The van der Waals surface area contributed by atoms with E-state index in [9.17, 15) is 0 Å². The molecule has 0 unspecified atom stereocenters. The van der Waals surface area contributed by atoms with Gasteiger partial charge in [-0.2, -0.15) is 15.0 Å². The lowest BCUT2D eigenvalue weighted by atomic mass is 10.4. The van der Waals surface area contributed by atoms with Crippen LogP contribution in [0.4, 0.5) is 17.8 Å². The van der Waals surface area contributed by atoms with Crippen molar-refractivity contribution in [1.29, 1.82) is 0 Å². The molecular weight excluding hydrogens is 284 g/mol. The molecule has 0 aliphatic carbocycles. The van der Waals surface area contributed by atoms with Crippen LogP contribution >= 0.6 is 0 Å². The number of hydrogen-bond acceptors (Lipinski definition) is 10. The first-order chi connectivity index (χ1) is 10.7. The predicted molar refractivity (Wildman–Crippen MR) is 90.0 cm³/mol. The first-order valence-electron chi connectivity index (χ1n) is 7.44. The van der Waals surface area contributed by atoms with E-state index < -0.39 is 0 Å². The minimum absolute atomic E-state index is 0.484. The summed E-state index contributed by atoms with van der Waals surface area (Å²) < 4.78 is 0. The number of aromatic nitrogens is 3. The average Bonchev–Trinajstić information content (AvgIpc) is 2.54. The molecular formula is C12H28N10. The van der Waals surface area contributed by atoms with Gasteiger partial charge in [-0.3, -0.25) is 0 Å². The van der Waals surface area contributed by atoms with E-state index in [-0.39, 0.29) is 0 Å². The number of hydrogen-bond donors (Lipinski definition) is 5. The fourth-order valence-corrected chi connectivity index (χ4v) is 2.00.